The Hall–Kier alpha value is -3.68. The zero-order valence-electron chi connectivity index (χ0n) is 19.0. The number of piperazine rings is 1. The molecule has 2 aliphatic heterocycles. The van der Waals surface area contributed by atoms with E-state index in [9.17, 15) is 9.59 Å². The summed E-state index contributed by atoms with van der Waals surface area (Å²) in [6, 6.07) is 15.4. The van der Waals surface area contributed by atoms with Crippen LogP contribution < -0.4 is 9.80 Å². The van der Waals surface area contributed by atoms with Crippen molar-refractivity contribution >= 4 is 23.2 Å². The molecule has 2 aliphatic rings. The van der Waals surface area contributed by atoms with Gasteiger partial charge in [-0.1, -0.05) is 24.3 Å². The van der Waals surface area contributed by atoms with Crippen LogP contribution in [0.2, 0.25) is 0 Å². The number of aryl methyl sites for hydroxylation is 1. The van der Waals surface area contributed by atoms with Crippen LogP contribution >= 0.6 is 0 Å². The van der Waals surface area contributed by atoms with Crippen molar-refractivity contribution in [2.75, 3.05) is 42.5 Å². The molecule has 0 aliphatic carbocycles. The number of hydrogen-bond donors (Lipinski definition) is 0. The molecule has 8 heteroatoms. The summed E-state index contributed by atoms with van der Waals surface area (Å²) in [4.78, 5) is 36.1. The second kappa shape index (κ2) is 8.69. The second-order valence-electron chi connectivity index (χ2n) is 8.67. The molecule has 1 atom stereocenters. The summed E-state index contributed by atoms with van der Waals surface area (Å²) in [6.45, 7) is 7.29. The molecule has 0 spiro atoms. The number of pyridine rings is 1. The molecule has 2 amide bonds. The van der Waals surface area contributed by atoms with E-state index < -0.39 is 0 Å². The Morgan fingerprint density at radius 1 is 0.970 bits per heavy atom. The van der Waals surface area contributed by atoms with E-state index in [-0.39, 0.29) is 24.2 Å². The van der Waals surface area contributed by atoms with Gasteiger partial charge in [-0.05, 0) is 38.1 Å². The first kappa shape index (κ1) is 21.2. The van der Waals surface area contributed by atoms with Crippen LogP contribution in [-0.2, 0) is 9.59 Å². The maximum Gasteiger partial charge on any atom is 0.228 e. The van der Waals surface area contributed by atoms with E-state index in [0.29, 0.717) is 19.6 Å². The third-order valence-electron chi connectivity index (χ3n) is 6.57. The SMILES string of the molecule is Cc1nn(-c2ccccn2)c(C)c1N1CCN(C(=O)C2CC(=O)N(c3ccccc3)C2)CC1. The van der Waals surface area contributed by atoms with Gasteiger partial charge in [-0.15, -0.1) is 0 Å². The Balaban J connectivity index is 1.24. The van der Waals surface area contributed by atoms with Crippen LogP contribution in [0.15, 0.2) is 54.7 Å². The van der Waals surface area contributed by atoms with Crippen molar-refractivity contribution in [3.8, 4) is 5.82 Å². The Morgan fingerprint density at radius 2 is 1.70 bits per heavy atom. The molecule has 33 heavy (non-hydrogen) atoms. The topological polar surface area (TPSA) is 74.6 Å². The van der Waals surface area contributed by atoms with Gasteiger partial charge in [0, 0.05) is 51.0 Å². The van der Waals surface area contributed by atoms with Crippen LogP contribution in [0.5, 0.6) is 0 Å². The normalized spacial score (nSPS) is 18.8. The van der Waals surface area contributed by atoms with Crippen molar-refractivity contribution in [1.29, 1.82) is 0 Å². The lowest BCUT2D eigenvalue weighted by atomic mass is 10.1. The van der Waals surface area contributed by atoms with E-state index in [0.717, 1.165) is 41.7 Å². The van der Waals surface area contributed by atoms with Crippen LogP contribution in [0.3, 0.4) is 0 Å². The van der Waals surface area contributed by atoms with E-state index in [2.05, 4.69) is 16.8 Å². The monoisotopic (exact) mass is 444 g/mol. The molecular weight excluding hydrogens is 416 g/mol. The highest BCUT2D eigenvalue weighted by Gasteiger charge is 2.38. The van der Waals surface area contributed by atoms with Crippen molar-refractivity contribution in [2.45, 2.75) is 20.3 Å². The number of benzene rings is 1. The van der Waals surface area contributed by atoms with Crippen LogP contribution in [-0.4, -0.2) is 64.2 Å². The highest BCUT2D eigenvalue weighted by molar-refractivity contribution is 6.00. The van der Waals surface area contributed by atoms with E-state index >= 15 is 0 Å². The Bertz CT molecular complexity index is 1150. The minimum absolute atomic E-state index is 0.0198. The number of nitrogens with zero attached hydrogens (tertiary/aromatic N) is 6. The van der Waals surface area contributed by atoms with Crippen molar-refractivity contribution in [3.63, 3.8) is 0 Å². The number of aromatic nitrogens is 3. The smallest absolute Gasteiger partial charge is 0.228 e. The molecule has 2 aromatic heterocycles. The third-order valence-corrected chi connectivity index (χ3v) is 6.57. The van der Waals surface area contributed by atoms with Crippen LogP contribution in [0, 0.1) is 19.8 Å². The van der Waals surface area contributed by atoms with Crippen LogP contribution in [0.1, 0.15) is 17.8 Å². The van der Waals surface area contributed by atoms with Crippen molar-refractivity contribution in [1.82, 2.24) is 19.7 Å². The summed E-state index contributed by atoms with van der Waals surface area (Å²) < 4.78 is 1.88. The highest BCUT2D eigenvalue weighted by atomic mass is 16.2. The maximum atomic E-state index is 13.2. The average molecular weight is 445 g/mol. The first-order chi connectivity index (χ1) is 16.0. The van der Waals surface area contributed by atoms with Crippen molar-refractivity contribution in [2.24, 2.45) is 5.92 Å². The van der Waals surface area contributed by atoms with Gasteiger partial charge < -0.3 is 14.7 Å². The molecule has 1 unspecified atom stereocenters. The zero-order valence-corrected chi connectivity index (χ0v) is 19.0. The number of carbonyl (C=O) groups is 2. The molecule has 8 nitrogen and oxygen atoms in total. The number of para-hydroxylation sites is 1. The van der Waals surface area contributed by atoms with E-state index in [1.54, 1.807) is 11.1 Å². The summed E-state index contributed by atoms with van der Waals surface area (Å²) in [5.74, 6) is 0.622. The molecular formula is C25H28N6O2. The van der Waals surface area contributed by atoms with Gasteiger partial charge in [0.2, 0.25) is 11.8 Å². The summed E-state index contributed by atoms with van der Waals surface area (Å²) in [5.41, 5.74) is 3.97. The lowest BCUT2D eigenvalue weighted by Gasteiger charge is -2.37. The Morgan fingerprint density at radius 3 is 2.39 bits per heavy atom. The maximum absolute atomic E-state index is 13.2. The number of amides is 2. The molecule has 0 N–H and O–H groups in total. The van der Waals surface area contributed by atoms with Crippen molar-refractivity contribution in [3.05, 3.63) is 66.1 Å². The number of carbonyl (C=O) groups excluding carboxylic acids is 2. The van der Waals surface area contributed by atoms with Crippen molar-refractivity contribution < 1.29 is 9.59 Å². The fourth-order valence-electron chi connectivity index (χ4n) is 4.93. The Kier molecular flexibility index (Phi) is 5.58. The van der Waals surface area contributed by atoms with Gasteiger partial charge in [-0.2, -0.15) is 5.10 Å². The van der Waals surface area contributed by atoms with Gasteiger partial charge in [-0.3, -0.25) is 9.59 Å². The standard InChI is InChI=1S/C25H28N6O2/c1-18-24(19(2)31(27-18)22-10-6-7-11-26-22)28-12-14-29(15-13-28)25(33)20-16-23(32)30(17-20)21-8-4-3-5-9-21/h3-11,20H,12-17H2,1-2H3. The van der Waals surface area contributed by atoms with Gasteiger partial charge in [-0.25, -0.2) is 9.67 Å². The summed E-state index contributed by atoms with van der Waals surface area (Å²) in [6.07, 6.45) is 2.05. The summed E-state index contributed by atoms with van der Waals surface area (Å²) in [7, 11) is 0. The summed E-state index contributed by atoms with van der Waals surface area (Å²) in [5, 5.41) is 4.71. The fraction of sp³-hybridized carbons (Fsp3) is 0.360. The molecule has 0 bridgehead atoms. The van der Waals surface area contributed by atoms with Gasteiger partial charge in [0.15, 0.2) is 5.82 Å². The van der Waals surface area contributed by atoms with E-state index in [1.165, 1.54) is 0 Å². The predicted molar refractivity (Wildman–Crippen MR) is 127 cm³/mol. The molecule has 4 heterocycles. The average Bonchev–Trinajstić information content (AvgIpc) is 3.39. The largest absolute Gasteiger partial charge is 0.365 e. The molecule has 170 valence electrons. The molecule has 5 rings (SSSR count). The van der Waals surface area contributed by atoms with Gasteiger partial charge >= 0.3 is 0 Å². The first-order valence-corrected chi connectivity index (χ1v) is 11.4. The zero-order chi connectivity index (χ0) is 22.9. The lowest BCUT2D eigenvalue weighted by molar-refractivity contribution is -0.136. The van der Waals surface area contributed by atoms with Gasteiger partial charge in [0.05, 0.1) is 23.0 Å². The molecule has 0 radical (unpaired) electrons. The minimum Gasteiger partial charge on any atom is -0.365 e. The molecule has 0 saturated carbocycles. The number of hydrogen-bond acceptors (Lipinski definition) is 5. The molecule has 3 aromatic rings. The third kappa shape index (κ3) is 3.97. The van der Waals surface area contributed by atoms with Crippen LogP contribution in [0.4, 0.5) is 11.4 Å². The first-order valence-electron chi connectivity index (χ1n) is 11.4. The fourth-order valence-corrected chi connectivity index (χ4v) is 4.93. The molecule has 2 fully saturated rings. The minimum atomic E-state index is -0.278. The van der Waals surface area contributed by atoms with E-state index in [4.69, 9.17) is 5.10 Å². The second-order valence-corrected chi connectivity index (χ2v) is 8.67. The van der Waals surface area contributed by atoms with Crippen LogP contribution in [0.25, 0.3) is 5.82 Å². The molecule has 1 aromatic carbocycles. The Labute approximate surface area is 193 Å². The molecule has 2 saturated heterocycles. The highest BCUT2D eigenvalue weighted by Crippen LogP contribution is 2.29. The number of rotatable bonds is 4. The van der Waals surface area contributed by atoms with Gasteiger partial charge in [0.25, 0.3) is 0 Å². The predicted octanol–water partition coefficient (Wildman–Crippen LogP) is 2.59. The number of anilines is 2. The lowest BCUT2D eigenvalue weighted by Crippen LogP contribution is -2.51. The quantitative estimate of drug-likeness (QED) is 0.618. The summed E-state index contributed by atoms with van der Waals surface area (Å²) >= 11 is 0. The van der Waals surface area contributed by atoms with E-state index in [1.807, 2.05) is 65.0 Å². The van der Waals surface area contributed by atoms with Gasteiger partial charge in [0.1, 0.15) is 0 Å².